The first kappa shape index (κ1) is 20.7. The average Bonchev–Trinajstić information content (AvgIpc) is 3.11. The third-order valence-corrected chi connectivity index (χ3v) is 6.49. The minimum Gasteiger partial charge on any atom is -0.495 e. The second kappa shape index (κ2) is 8.97. The van der Waals surface area contributed by atoms with Gasteiger partial charge in [0.15, 0.2) is 6.10 Å². The van der Waals surface area contributed by atoms with Crippen molar-refractivity contribution < 1.29 is 19.1 Å². The van der Waals surface area contributed by atoms with Gasteiger partial charge in [0, 0.05) is 9.90 Å². The van der Waals surface area contributed by atoms with E-state index in [2.05, 4.69) is 12.2 Å². The molecule has 0 unspecified atom stereocenters. The first-order valence-electron chi connectivity index (χ1n) is 9.38. The highest BCUT2D eigenvalue weighted by atomic mass is 35.5. The van der Waals surface area contributed by atoms with Crippen molar-refractivity contribution in [2.75, 3.05) is 12.4 Å². The molecule has 0 bridgehead atoms. The van der Waals surface area contributed by atoms with E-state index in [0.717, 1.165) is 19.3 Å². The summed E-state index contributed by atoms with van der Waals surface area (Å²) in [6.45, 7) is 3.75. The molecule has 7 heteroatoms. The lowest BCUT2D eigenvalue weighted by Crippen LogP contribution is -2.30. The predicted molar refractivity (Wildman–Crippen MR) is 112 cm³/mol. The molecule has 150 valence electrons. The van der Waals surface area contributed by atoms with Crippen LogP contribution in [0.4, 0.5) is 5.69 Å². The van der Waals surface area contributed by atoms with Gasteiger partial charge in [-0.25, -0.2) is 4.79 Å². The number of thiophene rings is 1. The zero-order valence-electron chi connectivity index (χ0n) is 16.2. The number of benzene rings is 1. The van der Waals surface area contributed by atoms with E-state index in [0.29, 0.717) is 27.3 Å². The summed E-state index contributed by atoms with van der Waals surface area (Å²) >= 11 is 7.46. The lowest BCUT2D eigenvalue weighted by Gasteiger charge is -2.19. The van der Waals surface area contributed by atoms with Crippen molar-refractivity contribution in [2.45, 2.75) is 45.6 Å². The summed E-state index contributed by atoms with van der Waals surface area (Å²) in [5, 5.41) is 3.17. The Balaban J connectivity index is 1.64. The number of hydrogen-bond acceptors (Lipinski definition) is 5. The van der Waals surface area contributed by atoms with Crippen LogP contribution in [0.1, 0.15) is 46.8 Å². The molecule has 0 radical (unpaired) electrons. The number of carbonyl (C=O) groups is 2. The Bertz CT molecular complexity index is 879. The number of amides is 1. The Morgan fingerprint density at radius 3 is 2.86 bits per heavy atom. The second-order valence-electron chi connectivity index (χ2n) is 6.96. The third-order valence-electron chi connectivity index (χ3n) is 5.04. The molecule has 0 aliphatic heterocycles. The summed E-state index contributed by atoms with van der Waals surface area (Å²) in [5.74, 6) is 0.255. The van der Waals surface area contributed by atoms with Crippen molar-refractivity contribution in [1.29, 1.82) is 0 Å². The maximum Gasteiger partial charge on any atom is 0.349 e. The van der Waals surface area contributed by atoms with Gasteiger partial charge < -0.3 is 14.8 Å². The summed E-state index contributed by atoms with van der Waals surface area (Å²) in [6.07, 6.45) is 3.40. The van der Waals surface area contributed by atoms with Gasteiger partial charge in [-0.2, -0.15) is 0 Å². The zero-order valence-corrected chi connectivity index (χ0v) is 17.8. The number of fused-ring (bicyclic) bond motifs is 1. The molecule has 1 amide bonds. The maximum absolute atomic E-state index is 12.5. The van der Waals surface area contributed by atoms with Gasteiger partial charge in [-0.3, -0.25) is 4.79 Å². The molecule has 2 aromatic rings. The minimum absolute atomic E-state index is 0.431. The number of esters is 1. The van der Waals surface area contributed by atoms with Gasteiger partial charge in [-0.1, -0.05) is 24.9 Å². The van der Waals surface area contributed by atoms with Crippen molar-refractivity contribution in [2.24, 2.45) is 5.92 Å². The van der Waals surface area contributed by atoms with E-state index < -0.39 is 18.0 Å². The van der Waals surface area contributed by atoms with Gasteiger partial charge in [0.1, 0.15) is 10.6 Å². The van der Waals surface area contributed by atoms with Crippen LogP contribution in [0.25, 0.3) is 0 Å². The topological polar surface area (TPSA) is 64.6 Å². The van der Waals surface area contributed by atoms with Gasteiger partial charge in [0.25, 0.3) is 5.91 Å². The highest BCUT2D eigenvalue weighted by Gasteiger charge is 2.25. The van der Waals surface area contributed by atoms with E-state index in [1.165, 1.54) is 35.3 Å². The number of rotatable bonds is 6. The van der Waals surface area contributed by atoms with Gasteiger partial charge in [0.05, 0.1) is 12.8 Å². The molecule has 1 N–H and O–H groups in total. The molecule has 5 nitrogen and oxygen atoms in total. The summed E-state index contributed by atoms with van der Waals surface area (Å²) in [5.41, 5.74) is 1.68. The highest BCUT2D eigenvalue weighted by molar-refractivity contribution is 7.14. The van der Waals surface area contributed by atoms with Crippen LogP contribution in [0.2, 0.25) is 5.02 Å². The number of methoxy groups -OCH3 is 1. The molecule has 1 aliphatic rings. The Morgan fingerprint density at radius 2 is 2.14 bits per heavy atom. The van der Waals surface area contributed by atoms with E-state index in [1.54, 1.807) is 25.1 Å². The Hall–Kier alpha value is -2.05. The fourth-order valence-corrected chi connectivity index (χ4v) is 4.60. The fraction of sp³-hybridized carbons (Fsp3) is 0.429. The van der Waals surface area contributed by atoms with E-state index in [4.69, 9.17) is 21.1 Å². The largest absolute Gasteiger partial charge is 0.495 e. The van der Waals surface area contributed by atoms with Crippen LogP contribution in [0.5, 0.6) is 5.75 Å². The molecule has 0 fully saturated rings. The normalized spacial score (nSPS) is 16.8. The van der Waals surface area contributed by atoms with Crippen LogP contribution in [0.3, 0.4) is 0 Å². The molecule has 1 aromatic heterocycles. The van der Waals surface area contributed by atoms with Crippen molar-refractivity contribution in [3.8, 4) is 5.75 Å². The van der Waals surface area contributed by atoms with Crippen LogP contribution in [0.15, 0.2) is 24.3 Å². The number of halogens is 1. The monoisotopic (exact) mass is 421 g/mol. The van der Waals surface area contributed by atoms with Crippen molar-refractivity contribution >= 4 is 40.5 Å². The molecule has 1 heterocycles. The summed E-state index contributed by atoms with van der Waals surface area (Å²) in [7, 11) is 1.50. The Labute approximate surface area is 174 Å². The first-order valence-corrected chi connectivity index (χ1v) is 10.6. The van der Waals surface area contributed by atoms with Crippen molar-refractivity contribution in [3.63, 3.8) is 0 Å². The average molecular weight is 422 g/mol. The van der Waals surface area contributed by atoms with Crippen LogP contribution in [-0.2, 0) is 22.4 Å². The van der Waals surface area contributed by atoms with Crippen LogP contribution >= 0.6 is 22.9 Å². The van der Waals surface area contributed by atoms with E-state index in [-0.39, 0.29) is 0 Å². The number of ether oxygens (including phenoxy) is 2. The van der Waals surface area contributed by atoms with Gasteiger partial charge in [0.2, 0.25) is 0 Å². The standard InChI is InChI=1S/C21H24ClNO4S/c1-4-13-5-8-18-14(9-13)10-19(28-18)21(25)27-12(2)20(24)23-16-11-15(22)6-7-17(16)26-3/h6-7,10-13H,4-5,8-9H2,1-3H3,(H,23,24)/t12-,13-/m0/s1. The third kappa shape index (κ3) is 4.67. The first-order chi connectivity index (χ1) is 13.4. The fourth-order valence-electron chi connectivity index (χ4n) is 3.33. The second-order valence-corrected chi connectivity index (χ2v) is 8.53. The number of nitrogens with one attached hydrogen (secondary N) is 1. The SMILES string of the molecule is CC[C@H]1CCc2sc(C(=O)O[C@@H](C)C(=O)Nc3cc(Cl)ccc3OC)cc2C1. The molecular weight excluding hydrogens is 398 g/mol. The molecule has 0 spiro atoms. The predicted octanol–water partition coefficient (Wildman–Crippen LogP) is 5.11. The number of carbonyl (C=O) groups excluding carboxylic acids is 2. The van der Waals surface area contributed by atoms with Crippen molar-refractivity contribution in [1.82, 2.24) is 0 Å². The van der Waals surface area contributed by atoms with E-state index in [9.17, 15) is 9.59 Å². The smallest absolute Gasteiger partial charge is 0.349 e. The Morgan fingerprint density at radius 1 is 1.36 bits per heavy atom. The molecule has 2 atom stereocenters. The molecule has 1 aromatic carbocycles. The summed E-state index contributed by atoms with van der Waals surface area (Å²) in [6, 6.07) is 6.84. The zero-order chi connectivity index (χ0) is 20.3. The Kier molecular flexibility index (Phi) is 6.62. The van der Waals surface area contributed by atoms with Crippen LogP contribution < -0.4 is 10.1 Å². The maximum atomic E-state index is 12.5. The number of hydrogen-bond donors (Lipinski definition) is 1. The van der Waals surface area contributed by atoms with Crippen LogP contribution in [-0.4, -0.2) is 25.1 Å². The molecular formula is C21H24ClNO4S. The molecule has 0 saturated heterocycles. The lowest BCUT2D eigenvalue weighted by molar-refractivity contribution is -0.123. The molecule has 0 saturated carbocycles. The van der Waals surface area contributed by atoms with Gasteiger partial charge >= 0.3 is 5.97 Å². The van der Waals surface area contributed by atoms with E-state index >= 15 is 0 Å². The molecule has 28 heavy (non-hydrogen) atoms. The number of anilines is 1. The summed E-state index contributed by atoms with van der Waals surface area (Å²) < 4.78 is 10.6. The van der Waals surface area contributed by atoms with Gasteiger partial charge in [-0.05, 0) is 61.9 Å². The minimum atomic E-state index is -0.946. The van der Waals surface area contributed by atoms with Gasteiger partial charge in [-0.15, -0.1) is 11.3 Å². The number of aryl methyl sites for hydroxylation is 1. The molecule has 1 aliphatic carbocycles. The quantitative estimate of drug-likeness (QED) is 0.658. The highest BCUT2D eigenvalue weighted by Crippen LogP contribution is 2.34. The van der Waals surface area contributed by atoms with Crippen molar-refractivity contribution in [3.05, 3.63) is 44.6 Å². The summed E-state index contributed by atoms with van der Waals surface area (Å²) in [4.78, 5) is 26.8. The molecule has 3 rings (SSSR count). The van der Waals surface area contributed by atoms with Crippen LogP contribution in [0, 0.1) is 5.92 Å². The lowest BCUT2D eigenvalue weighted by atomic mass is 9.87. The van der Waals surface area contributed by atoms with E-state index in [1.807, 2.05) is 6.07 Å².